The zero-order valence-corrected chi connectivity index (χ0v) is 51.3. The summed E-state index contributed by atoms with van der Waals surface area (Å²) in [4.78, 5) is 139. The monoisotopic (exact) mass is 1300 g/mol. The molecule has 0 amide bonds. The van der Waals surface area contributed by atoms with Crippen LogP contribution in [0.25, 0.3) is 10.8 Å². The van der Waals surface area contributed by atoms with Crippen LogP contribution in [0, 0.1) is 0 Å². The van der Waals surface area contributed by atoms with Crippen molar-refractivity contribution in [2.75, 3.05) is 33.0 Å². The minimum absolute atomic E-state index is 0.162. The SMILES string of the molecule is CC(=O)OC[C@@H](O)[C@@H](O[C@H]1O[C@H](COC(C)=O)[C@@H](O[C@H]2O[C@@H]3CO[C@H]([C@H]2OS(=O)(=O)c2cccc4ccccc24)[C@@H]3O[C@H]2O[C@H](COC(C)=O)[C@@H](OC(C)=O)[C@H](OC(C)=O)[C@H]2OC(C)=O)[C@H](OC(C)=O)[C@H]1OC(C)=O)[C@H](OC(C)=O)[C@H](COC(C)=O)OC(C)=O. The van der Waals surface area contributed by atoms with Gasteiger partial charge in [-0.25, -0.2) is 0 Å². The lowest BCUT2D eigenvalue weighted by Gasteiger charge is -2.49. The molecular formula is C56H70O33S. The van der Waals surface area contributed by atoms with Gasteiger partial charge in [0.1, 0.15) is 80.2 Å². The molecule has 2 bridgehead atoms. The fourth-order valence-corrected chi connectivity index (χ4v) is 11.4. The number of hydrogen-bond donors (Lipinski definition) is 1. The Bertz CT molecular complexity index is 3050. The van der Waals surface area contributed by atoms with E-state index in [1.165, 1.54) is 18.2 Å². The average Bonchev–Trinajstić information content (AvgIpc) is 1.46. The number of ether oxygens (including phenoxy) is 18. The van der Waals surface area contributed by atoms with Crippen LogP contribution in [0.2, 0.25) is 0 Å². The van der Waals surface area contributed by atoms with Gasteiger partial charge in [-0.15, -0.1) is 0 Å². The molecule has 4 aliphatic heterocycles. The van der Waals surface area contributed by atoms with E-state index in [2.05, 4.69) is 0 Å². The van der Waals surface area contributed by atoms with Crippen LogP contribution in [0.3, 0.4) is 0 Å². The van der Waals surface area contributed by atoms with Crippen LogP contribution >= 0.6 is 0 Å². The van der Waals surface area contributed by atoms with Crippen LogP contribution in [-0.4, -0.2) is 229 Å². The van der Waals surface area contributed by atoms with Gasteiger partial charge in [0.05, 0.1) is 6.61 Å². The third-order valence-electron chi connectivity index (χ3n) is 13.4. The number of carbonyl (C=O) groups excluding carboxylic acids is 11. The Kier molecular flexibility index (Phi) is 25.4. The lowest BCUT2D eigenvalue weighted by molar-refractivity contribution is -0.368. The third-order valence-corrected chi connectivity index (χ3v) is 14.7. The lowest BCUT2D eigenvalue weighted by Crippen LogP contribution is -2.67. The molecule has 498 valence electrons. The van der Waals surface area contributed by atoms with Crippen molar-refractivity contribution in [2.45, 2.75) is 198 Å². The highest BCUT2D eigenvalue weighted by Gasteiger charge is 2.62. The number of rotatable bonds is 27. The van der Waals surface area contributed by atoms with Crippen molar-refractivity contribution in [3.8, 4) is 0 Å². The summed E-state index contributed by atoms with van der Waals surface area (Å²) in [6, 6.07) is 10.6. The van der Waals surface area contributed by atoms with Crippen molar-refractivity contribution in [3.63, 3.8) is 0 Å². The number of benzene rings is 2. The van der Waals surface area contributed by atoms with Crippen molar-refractivity contribution in [2.24, 2.45) is 0 Å². The fraction of sp³-hybridized carbons (Fsp3) is 0.625. The fourth-order valence-electron chi connectivity index (χ4n) is 10.1. The first-order valence-corrected chi connectivity index (χ1v) is 29.1. The average molecular weight is 1300 g/mol. The minimum Gasteiger partial charge on any atom is -0.463 e. The molecule has 0 unspecified atom stereocenters. The maximum atomic E-state index is 14.9. The van der Waals surface area contributed by atoms with E-state index < -0.39 is 230 Å². The zero-order valence-electron chi connectivity index (χ0n) is 50.5. The van der Waals surface area contributed by atoms with E-state index in [0.717, 1.165) is 76.2 Å². The van der Waals surface area contributed by atoms with Crippen LogP contribution < -0.4 is 0 Å². The molecule has 6 rings (SSSR count). The van der Waals surface area contributed by atoms with Gasteiger partial charge in [0.2, 0.25) is 0 Å². The molecule has 4 fully saturated rings. The highest BCUT2D eigenvalue weighted by Crippen LogP contribution is 2.42. The predicted octanol–water partition coefficient (Wildman–Crippen LogP) is -0.222. The molecule has 19 atom stereocenters. The second-order valence-electron chi connectivity index (χ2n) is 20.6. The summed E-state index contributed by atoms with van der Waals surface area (Å²) in [6.07, 6.45) is -36.2. The second kappa shape index (κ2) is 32.0. The van der Waals surface area contributed by atoms with Gasteiger partial charge in [0.15, 0.2) is 67.7 Å². The Balaban J connectivity index is 1.50. The molecular weight excluding hydrogens is 1230 g/mol. The van der Waals surface area contributed by atoms with E-state index in [1.807, 2.05) is 0 Å². The standard InChI is InChI=1S/C56H70O33S/c1-24(57)71-19-37(68)43(44(77-29(6)62)38(76-28(5)61)20-72-25(2)58)86-54-52(82-34(11)67)50(80-32(9)65)47(40(84-54)22-74-27(4)60)88-56-53(89-90(69,70)42-18-14-16-35-15-12-13-17-36(35)42)48-45(41(85-56)23-75-48)87-55-51(81-33(10)66)49(79-31(8)64)46(78-30(7)63)39(83-55)21-73-26(3)59/h12-18,37-41,43-56,68H,19-23H2,1-11H3/t37-,38+,39-,40-,41-,43-,44-,45-,46-,47-,48+,49+,50+,51-,52-,53-,54-,55-,56-/m1/s1. The number of aliphatic hydroxyl groups excluding tert-OH is 1. The van der Waals surface area contributed by atoms with E-state index in [-0.39, 0.29) is 5.39 Å². The minimum atomic E-state index is -5.08. The zero-order chi connectivity index (χ0) is 66.5. The molecule has 4 heterocycles. The first kappa shape index (κ1) is 71.5. The van der Waals surface area contributed by atoms with E-state index >= 15 is 0 Å². The molecule has 0 aromatic heterocycles. The van der Waals surface area contributed by atoms with Crippen LogP contribution in [0.5, 0.6) is 0 Å². The molecule has 2 aromatic carbocycles. The Morgan fingerprint density at radius 2 is 0.944 bits per heavy atom. The van der Waals surface area contributed by atoms with Gasteiger partial charge in [-0.1, -0.05) is 36.4 Å². The van der Waals surface area contributed by atoms with E-state index in [4.69, 9.17) is 89.4 Å². The summed E-state index contributed by atoms with van der Waals surface area (Å²) < 4.78 is 141. The molecule has 1 N–H and O–H groups in total. The molecule has 0 radical (unpaired) electrons. The van der Waals surface area contributed by atoms with Crippen molar-refractivity contribution >= 4 is 86.6 Å². The Morgan fingerprint density at radius 3 is 1.50 bits per heavy atom. The number of fused-ring (bicyclic) bond motifs is 3. The molecule has 2 aromatic rings. The summed E-state index contributed by atoms with van der Waals surface area (Å²) in [6.45, 7) is 6.64. The summed E-state index contributed by atoms with van der Waals surface area (Å²) in [5, 5.41) is 12.4. The third kappa shape index (κ3) is 19.5. The van der Waals surface area contributed by atoms with Gasteiger partial charge in [-0.2, -0.15) is 8.42 Å². The summed E-state index contributed by atoms with van der Waals surface area (Å²) in [5.74, 6) is -11.1. The summed E-state index contributed by atoms with van der Waals surface area (Å²) in [7, 11) is -5.08. The van der Waals surface area contributed by atoms with Crippen molar-refractivity contribution in [3.05, 3.63) is 42.5 Å². The van der Waals surface area contributed by atoms with Gasteiger partial charge in [0, 0.05) is 81.5 Å². The Labute approximate surface area is 513 Å². The van der Waals surface area contributed by atoms with E-state index in [0.29, 0.717) is 5.39 Å². The largest absolute Gasteiger partial charge is 0.463 e. The lowest BCUT2D eigenvalue weighted by atomic mass is 9.96. The highest BCUT2D eigenvalue weighted by atomic mass is 32.2. The normalized spacial score (nSPS) is 28.4. The first-order chi connectivity index (χ1) is 42.3. The van der Waals surface area contributed by atoms with Crippen LogP contribution in [0.1, 0.15) is 76.2 Å². The van der Waals surface area contributed by atoms with Gasteiger partial charge in [0.25, 0.3) is 10.1 Å². The van der Waals surface area contributed by atoms with E-state index in [9.17, 15) is 66.3 Å². The maximum Gasteiger partial charge on any atom is 0.303 e. The quantitative estimate of drug-likeness (QED) is 0.0686. The number of esters is 11. The van der Waals surface area contributed by atoms with Gasteiger partial charge in [-0.3, -0.25) is 56.9 Å². The van der Waals surface area contributed by atoms with Crippen molar-refractivity contribution in [1.82, 2.24) is 0 Å². The van der Waals surface area contributed by atoms with Crippen LogP contribution in [0.15, 0.2) is 47.4 Å². The number of aliphatic hydroxyl groups is 1. The first-order valence-electron chi connectivity index (χ1n) is 27.7. The van der Waals surface area contributed by atoms with E-state index in [1.54, 1.807) is 24.3 Å². The molecule has 4 aliphatic rings. The van der Waals surface area contributed by atoms with Crippen molar-refractivity contribution in [1.29, 1.82) is 0 Å². The number of carbonyl (C=O) groups is 11. The van der Waals surface area contributed by atoms with Gasteiger partial charge < -0.3 is 90.4 Å². The molecule has 4 saturated heterocycles. The molecule has 0 spiro atoms. The smallest absolute Gasteiger partial charge is 0.303 e. The van der Waals surface area contributed by atoms with Gasteiger partial charge in [-0.05, 0) is 11.5 Å². The molecule has 33 nitrogen and oxygen atoms in total. The molecule has 34 heteroatoms. The van der Waals surface area contributed by atoms with Crippen LogP contribution in [0.4, 0.5) is 0 Å². The summed E-state index contributed by atoms with van der Waals surface area (Å²) >= 11 is 0. The number of hydrogen-bond acceptors (Lipinski definition) is 33. The van der Waals surface area contributed by atoms with Crippen LogP contribution in [-0.2, 0) is 152 Å². The predicted molar refractivity (Wildman–Crippen MR) is 288 cm³/mol. The molecule has 90 heavy (non-hydrogen) atoms. The highest BCUT2D eigenvalue weighted by molar-refractivity contribution is 7.87. The maximum absolute atomic E-state index is 14.9. The summed E-state index contributed by atoms with van der Waals surface area (Å²) in [5.41, 5.74) is 0. The van der Waals surface area contributed by atoms with Gasteiger partial charge >= 0.3 is 65.7 Å². The molecule has 0 aliphatic carbocycles. The topological polar surface area (TPSA) is 418 Å². The molecule has 0 saturated carbocycles. The van der Waals surface area contributed by atoms with Crippen molar-refractivity contribution < 1.29 is 156 Å². The Morgan fingerprint density at radius 1 is 0.478 bits per heavy atom. The second-order valence-corrected chi connectivity index (χ2v) is 22.1. The Hall–Kier alpha value is -7.54.